The van der Waals surface area contributed by atoms with E-state index in [2.05, 4.69) is 4.90 Å². The summed E-state index contributed by atoms with van der Waals surface area (Å²) in [7, 11) is 2.02. The van der Waals surface area contributed by atoms with Crippen LogP contribution in [0, 0.1) is 0 Å². The van der Waals surface area contributed by atoms with Crippen LogP contribution >= 0.6 is 0 Å². The molecule has 68 valence electrons. The van der Waals surface area contributed by atoms with Gasteiger partial charge >= 0.3 is 6.16 Å². The molecule has 4 heteroatoms. The normalized spacial score (nSPS) is 35.7. The molecule has 0 N–H and O–H groups in total. The second kappa shape index (κ2) is 2.69. The number of nitrogens with zero attached hydrogens (tertiary/aromatic N) is 2. The van der Waals surface area contributed by atoms with E-state index in [0.29, 0.717) is 0 Å². The maximum absolute atomic E-state index is 12.5. The molecule has 0 aromatic rings. The van der Waals surface area contributed by atoms with Gasteiger partial charge in [-0.15, -0.1) is 4.39 Å². The number of rotatable bonds is 0. The van der Waals surface area contributed by atoms with Crippen LogP contribution in [-0.4, -0.2) is 48.2 Å². The maximum Gasteiger partial charge on any atom is 0.400 e. The van der Waals surface area contributed by atoms with Crippen LogP contribution in [0.2, 0.25) is 0 Å². The van der Waals surface area contributed by atoms with Gasteiger partial charge in [0.1, 0.15) is 0 Å². The van der Waals surface area contributed by atoms with E-state index in [9.17, 15) is 9.18 Å². The molecule has 3 nitrogen and oxygen atoms in total. The first kappa shape index (κ1) is 7.98. The highest BCUT2D eigenvalue weighted by Gasteiger charge is 2.41. The van der Waals surface area contributed by atoms with Crippen LogP contribution in [0.5, 0.6) is 0 Å². The molecule has 2 atom stereocenters. The molecule has 2 bridgehead atoms. The largest absolute Gasteiger partial charge is 0.400 e. The zero-order valence-corrected chi connectivity index (χ0v) is 7.16. The van der Waals surface area contributed by atoms with Gasteiger partial charge in [-0.05, 0) is 19.9 Å². The summed E-state index contributed by atoms with van der Waals surface area (Å²) in [6.07, 6.45) is 0.686. The average molecular weight is 172 g/mol. The summed E-state index contributed by atoms with van der Waals surface area (Å²) in [5.41, 5.74) is 0. The number of likely N-dealkylation sites (tertiary alicyclic amines) is 1. The zero-order valence-electron chi connectivity index (χ0n) is 7.16. The first-order valence-corrected chi connectivity index (χ1v) is 4.35. The Kier molecular flexibility index (Phi) is 1.79. The van der Waals surface area contributed by atoms with Crippen molar-refractivity contribution in [2.45, 2.75) is 24.9 Å². The van der Waals surface area contributed by atoms with E-state index in [-0.39, 0.29) is 12.1 Å². The Morgan fingerprint density at radius 1 is 1.33 bits per heavy atom. The van der Waals surface area contributed by atoms with Crippen LogP contribution in [0.15, 0.2) is 0 Å². The van der Waals surface area contributed by atoms with Gasteiger partial charge < -0.3 is 9.80 Å². The molecule has 12 heavy (non-hydrogen) atoms. The molecule has 0 spiro atoms. The highest BCUT2D eigenvalue weighted by molar-refractivity contribution is 5.67. The second-order valence-electron chi connectivity index (χ2n) is 3.77. The smallest absolute Gasteiger partial charge is 0.306 e. The predicted octanol–water partition coefficient (Wildman–Crippen LogP) is 0.854. The number of piperazine rings is 1. The van der Waals surface area contributed by atoms with Gasteiger partial charge in [0.25, 0.3) is 0 Å². The fourth-order valence-corrected chi connectivity index (χ4v) is 2.40. The van der Waals surface area contributed by atoms with E-state index >= 15 is 0 Å². The molecular weight excluding hydrogens is 159 g/mol. The number of carbonyl (C=O) groups is 1. The number of likely N-dealkylation sites (N-methyl/N-ethyl adjacent to an activating group) is 1. The van der Waals surface area contributed by atoms with Crippen molar-refractivity contribution < 1.29 is 9.18 Å². The fraction of sp³-hybridized carbons (Fsp3) is 0.875. The molecular formula is C8H13FN2O. The van der Waals surface area contributed by atoms with Gasteiger partial charge in [0.15, 0.2) is 0 Å². The lowest BCUT2D eigenvalue weighted by molar-refractivity contribution is 0.0895. The lowest BCUT2D eigenvalue weighted by Gasteiger charge is -2.37. The van der Waals surface area contributed by atoms with Crippen molar-refractivity contribution in [2.75, 3.05) is 20.1 Å². The second-order valence-corrected chi connectivity index (χ2v) is 3.77. The molecule has 1 amide bonds. The molecule has 0 aliphatic carbocycles. The fourth-order valence-electron chi connectivity index (χ4n) is 2.40. The molecule has 2 aliphatic rings. The van der Waals surface area contributed by atoms with E-state index < -0.39 is 6.16 Å². The highest BCUT2D eigenvalue weighted by Crippen LogP contribution is 2.29. The van der Waals surface area contributed by atoms with Gasteiger partial charge in [0.05, 0.1) is 0 Å². The Bertz CT molecular complexity index is 195. The van der Waals surface area contributed by atoms with Crippen LogP contribution in [0.3, 0.4) is 0 Å². The Hall–Kier alpha value is -0.640. The van der Waals surface area contributed by atoms with Crippen molar-refractivity contribution in [3.05, 3.63) is 0 Å². The summed E-state index contributed by atoms with van der Waals surface area (Å²) in [4.78, 5) is 14.2. The number of hydrogen-bond donors (Lipinski definition) is 0. The standard InChI is InChI=1S/C8H13FN2O/c1-10-4-6-2-3-7(5-10)11(6)8(9)12/h6-7H,2-5H2,1H3. The van der Waals surface area contributed by atoms with E-state index in [1.165, 1.54) is 4.90 Å². The third-order valence-corrected chi connectivity index (χ3v) is 2.87. The Morgan fingerprint density at radius 2 is 1.83 bits per heavy atom. The molecule has 0 aromatic carbocycles. The topological polar surface area (TPSA) is 23.6 Å². The van der Waals surface area contributed by atoms with Crippen molar-refractivity contribution in [1.82, 2.24) is 9.80 Å². The van der Waals surface area contributed by atoms with Crippen molar-refractivity contribution in [3.8, 4) is 0 Å². The van der Waals surface area contributed by atoms with E-state index in [0.717, 1.165) is 25.9 Å². The van der Waals surface area contributed by atoms with E-state index in [1.807, 2.05) is 7.05 Å². The molecule has 2 aliphatic heterocycles. The molecule has 2 rings (SSSR count). The van der Waals surface area contributed by atoms with Crippen LogP contribution in [0.1, 0.15) is 12.8 Å². The van der Waals surface area contributed by atoms with Gasteiger partial charge in [-0.2, -0.15) is 0 Å². The quantitative estimate of drug-likeness (QED) is 0.399. The SMILES string of the molecule is CN1CC2CCC(C1)N2C(=O)F. The number of halogens is 1. The van der Waals surface area contributed by atoms with E-state index in [1.54, 1.807) is 0 Å². The lowest BCUT2D eigenvalue weighted by atomic mass is 10.2. The van der Waals surface area contributed by atoms with Crippen LogP contribution < -0.4 is 0 Å². The van der Waals surface area contributed by atoms with Gasteiger partial charge in [-0.3, -0.25) is 0 Å². The summed E-state index contributed by atoms with van der Waals surface area (Å²) in [6.45, 7) is 1.65. The summed E-state index contributed by atoms with van der Waals surface area (Å²) in [5.74, 6) is 0. The van der Waals surface area contributed by atoms with Gasteiger partial charge in [0, 0.05) is 25.2 Å². The first-order chi connectivity index (χ1) is 5.68. The van der Waals surface area contributed by atoms with Gasteiger partial charge in [-0.1, -0.05) is 0 Å². The van der Waals surface area contributed by atoms with Gasteiger partial charge in [-0.25, -0.2) is 4.79 Å². The molecule has 2 saturated heterocycles. The van der Waals surface area contributed by atoms with Crippen molar-refractivity contribution >= 4 is 6.16 Å². The Balaban J connectivity index is 2.14. The third-order valence-electron chi connectivity index (χ3n) is 2.87. The molecule has 0 saturated carbocycles. The average Bonchev–Trinajstić information content (AvgIpc) is 2.24. The molecule has 2 fully saturated rings. The Morgan fingerprint density at radius 3 is 2.25 bits per heavy atom. The minimum Gasteiger partial charge on any atom is -0.306 e. The maximum atomic E-state index is 12.5. The number of hydrogen-bond acceptors (Lipinski definition) is 2. The van der Waals surface area contributed by atoms with Crippen LogP contribution in [0.4, 0.5) is 9.18 Å². The van der Waals surface area contributed by atoms with Crippen molar-refractivity contribution in [1.29, 1.82) is 0 Å². The van der Waals surface area contributed by atoms with Crippen LogP contribution in [0.25, 0.3) is 0 Å². The summed E-state index contributed by atoms with van der Waals surface area (Å²) < 4.78 is 12.5. The van der Waals surface area contributed by atoms with Crippen molar-refractivity contribution in [2.24, 2.45) is 0 Å². The monoisotopic (exact) mass is 172 g/mol. The number of amides is 1. The zero-order chi connectivity index (χ0) is 8.72. The van der Waals surface area contributed by atoms with E-state index in [4.69, 9.17) is 0 Å². The minimum atomic E-state index is -1.24. The predicted molar refractivity (Wildman–Crippen MR) is 42.7 cm³/mol. The lowest BCUT2D eigenvalue weighted by Crippen LogP contribution is -2.53. The first-order valence-electron chi connectivity index (χ1n) is 4.35. The number of carbonyl (C=O) groups excluding carboxylic acids is 1. The molecule has 0 aromatic heterocycles. The summed E-state index contributed by atoms with van der Waals surface area (Å²) >= 11 is 0. The summed E-state index contributed by atoms with van der Waals surface area (Å²) in [5, 5.41) is 0. The minimum absolute atomic E-state index is 0.131. The number of fused-ring (bicyclic) bond motifs is 2. The van der Waals surface area contributed by atoms with Gasteiger partial charge in [0.2, 0.25) is 0 Å². The molecule has 0 radical (unpaired) electrons. The molecule has 2 unspecified atom stereocenters. The van der Waals surface area contributed by atoms with Crippen LogP contribution in [-0.2, 0) is 0 Å². The molecule has 2 heterocycles. The highest BCUT2D eigenvalue weighted by atomic mass is 19.1. The third kappa shape index (κ3) is 1.10. The summed E-state index contributed by atoms with van der Waals surface area (Å²) in [6, 6.07) is 0.262. The Labute approximate surface area is 71.1 Å². The van der Waals surface area contributed by atoms with Crippen molar-refractivity contribution in [3.63, 3.8) is 0 Å².